The fraction of sp³-hybridized carbons (Fsp3) is 0.296. The summed E-state index contributed by atoms with van der Waals surface area (Å²) in [6.45, 7) is 2.84. The molecular weight excluding hydrogens is 544 g/mol. The second-order valence-electron chi connectivity index (χ2n) is 9.06. The van der Waals surface area contributed by atoms with E-state index in [1.165, 1.54) is 10.5 Å². The van der Waals surface area contributed by atoms with Crippen molar-refractivity contribution in [2.24, 2.45) is 5.10 Å². The van der Waals surface area contributed by atoms with Crippen LogP contribution in [0.15, 0.2) is 75.1 Å². The summed E-state index contributed by atoms with van der Waals surface area (Å²) < 4.78 is 39.5. The van der Waals surface area contributed by atoms with E-state index in [-0.39, 0.29) is 36.4 Å². The van der Waals surface area contributed by atoms with Gasteiger partial charge in [0.15, 0.2) is 0 Å². The molecule has 1 fully saturated rings. The van der Waals surface area contributed by atoms with E-state index in [0.29, 0.717) is 17.4 Å². The van der Waals surface area contributed by atoms with Gasteiger partial charge >= 0.3 is 11.8 Å². The maximum Gasteiger partial charge on any atom is 0.329 e. The van der Waals surface area contributed by atoms with Crippen molar-refractivity contribution in [1.29, 1.82) is 0 Å². The van der Waals surface area contributed by atoms with Crippen LogP contribution in [0.1, 0.15) is 35.5 Å². The molecule has 1 aliphatic rings. The SMILES string of the molecule is Cc1ccc(S(=O)(=O)N(Cc2ccc(Cl)cc2)Cc2ccc(/C=N/NC(=O)C(=O)NC[C@@H]3CCCO3)o2)cc1. The lowest BCUT2D eigenvalue weighted by Crippen LogP contribution is -2.41. The summed E-state index contributed by atoms with van der Waals surface area (Å²) in [5, 5.41) is 6.82. The van der Waals surface area contributed by atoms with Gasteiger partial charge in [0.05, 0.1) is 23.8 Å². The summed E-state index contributed by atoms with van der Waals surface area (Å²) in [7, 11) is -3.87. The van der Waals surface area contributed by atoms with Gasteiger partial charge in [0, 0.05) is 24.7 Å². The second kappa shape index (κ2) is 13.0. The average molecular weight is 573 g/mol. The van der Waals surface area contributed by atoms with Gasteiger partial charge in [0.2, 0.25) is 10.0 Å². The van der Waals surface area contributed by atoms with Crippen LogP contribution >= 0.6 is 11.6 Å². The lowest BCUT2D eigenvalue weighted by Gasteiger charge is -2.21. The number of nitrogens with one attached hydrogen (secondary N) is 2. The van der Waals surface area contributed by atoms with Crippen LogP contribution in [0.25, 0.3) is 0 Å². The number of halogens is 1. The van der Waals surface area contributed by atoms with Crippen LogP contribution in [-0.2, 0) is 37.4 Å². The van der Waals surface area contributed by atoms with Gasteiger partial charge in [-0.15, -0.1) is 0 Å². The molecule has 1 aliphatic heterocycles. The molecule has 1 saturated heterocycles. The standard InChI is InChI=1S/C27H29ClN4O6S/c1-19-4-12-25(13-5-19)39(35,36)32(17-20-6-8-21(28)9-7-20)18-24-11-10-23(38-24)16-30-31-27(34)26(33)29-15-22-3-2-14-37-22/h4-13,16,22H,2-3,14-15,17-18H2,1H3,(H,29,33)(H,31,34)/b30-16+/t22-/m0/s1. The lowest BCUT2D eigenvalue weighted by atomic mass is 10.2. The average Bonchev–Trinajstić information content (AvgIpc) is 3.60. The summed E-state index contributed by atoms with van der Waals surface area (Å²) in [6.07, 6.45) is 2.91. The van der Waals surface area contributed by atoms with Gasteiger partial charge in [-0.05, 0) is 61.7 Å². The highest BCUT2D eigenvalue weighted by Gasteiger charge is 2.26. The van der Waals surface area contributed by atoms with Crippen molar-refractivity contribution in [3.8, 4) is 0 Å². The third-order valence-corrected chi connectivity index (χ3v) is 8.08. The molecule has 0 spiro atoms. The Labute approximate surface area is 232 Å². The van der Waals surface area contributed by atoms with Crippen LogP contribution in [-0.4, -0.2) is 50.0 Å². The molecular formula is C27H29ClN4O6S. The van der Waals surface area contributed by atoms with Crippen LogP contribution in [0, 0.1) is 6.92 Å². The van der Waals surface area contributed by atoms with Crippen LogP contribution < -0.4 is 10.7 Å². The highest BCUT2D eigenvalue weighted by molar-refractivity contribution is 7.89. The van der Waals surface area contributed by atoms with E-state index >= 15 is 0 Å². The van der Waals surface area contributed by atoms with E-state index in [1.807, 2.05) is 6.92 Å². The molecule has 3 aromatic rings. The molecule has 0 unspecified atom stereocenters. The first-order valence-electron chi connectivity index (χ1n) is 12.3. The van der Waals surface area contributed by atoms with E-state index in [2.05, 4.69) is 15.8 Å². The molecule has 4 rings (SSSR count). The van der Waals surface area contributed by atoms with Crippen molar-refractivity contribution in [3.63, 3.8) is 0 Å². The van der Waals surface area contributed by atoms with Gasteiger partial charge in [-0.25, -0.2) is 13.8 Å². The predicted octanol–water partition coefficient (Wildman–Crippen LogP) is 3.38. The minimum absolute atomic E-state index is 0.0509. The number of hydrogen-bond donors (Lipinski definition) is 2. The summed E-state index contributed by atoms with van der Waals surface area (Å²) in [4.78, 5) is 24.0. The smallest absolute Gasteiger partial charge is 0.329 e. The fourth-order valence-electron chi connectivity index (χ4n) is 3.90. The molecule has 1 atom stereocenters. The number of aryl methyl sites for hydroxylation is 1. The Bertz CT molecular complexity index is 1420. The molecule has 2 amide bonds. The van der Waals surface area contributed by atoms with E-state index < -0.39 is 21.8 Å². The van der Waals surface area contributed by atoms with Crippen molar-refractivity contribution in [3.05, 3.63) is 88.3 Å². The maximum absolute atomic E-state index is 13.5. The van der Waals surface area contributed by atoms with E-state index in [9.17, 15) is 18.0 Å². The minimum Gasteiger partial charge on any atom is -0.459 e. The third-order valence-electron chi connectivity index (χ3n) is 6.02. The summed E-state index contributed by atoms with van der Waals surface area (Å²) >= 11 is 5.99. The van der Waals surface area contributed by atoms with Gasteiger partial charge in [-0.2, -0.15) is 9.41 Å². The molecule has 206 valence electrons. The van der Waals surface area contributed by atoms with Crippen LogP contribution in [0.3, 0.4) is 0 Å². The third kappa shape index (κ3) is 7.99. The number of benzene rings is 2. The molecule has 0 radical (unpaired) electrons. The fourth-order valence-corrected chi connectivity index (χ4v) is 5.42. The van der Waals surface area contributed by atoms with Gasteiger partial charge in [0.25, 0.3) is 0 Å². The Morgan fingerprint density at radius 3 is 2.49 bits per heavy atom. The number of carbonyl (C=O) groups is 2. The van der Waals surface area contributed by atoms with Crippen LogP contribution in [0.4, 0.5) is 0 Å². The van der Waals surface area contributed by atoms with E-state index in [4.69, 9.17) is 20.8 Å². The predicted molar refractivity (Wildman–Crippen MR) is 145 cm³/mol. The Morgan fingerprint density at radius 2 is 1.79 bits per heavy atom. The topological polar surface area (TPSA) is 130 Å². The number of carbonyl (C=O) groups excluding carboxylic acids is 2. The first-order chi connectivity index (χ1) is 18.7. The molecule has 39 heavy (non-hydrogen) atoms. The number of rotatable bonds is 10. The normalized spacial score (nSPS) is 15.6. The summed E-state index contributed by atoms with van der Waals surface area (Å²) in [5.41, 5.74) is 3.84. The number of sulfonamides is 1. The monoisotopic (exact) mass is 572 g/mol. The molecule has 12 heteroatoms. The highest BCUT2D eigenvalue weighted by atomic mass is 35.5. The zero-order valence-corrected chi connectivity index (χ0v) is 22.9. The molecule has 2 aromatic carbocycles. The van der Waals surface area contributed by atoms with Gasteiger partial charge in [0.1, 0.15) is 11.5 Å². The number of furan rings is 1. The minimum atomic E-state index is -3.87. The van der Waals surface area contributed by atoms with Gasteiger partial charge < -0.3 is 14.5 Å². The largest absolute Gasteiger partial charge is 0.459 e. The van der Waals surface area contributed by atoms with Gasteiger partial charge in [-0.3, -0.25) is 9.59 Å². The molecule has 10 nitrogen and oxygen atoms in total. The Kier molecular flexibility index (Phi) is 9.52. The second-order valence-corrected chi connectivity index (χ2v) is 11.4. The number of amides is 2. The molecule has 0 aliphatic carbocycles. The lowest BCUT2D eigenvalue weighted by molar-refractivity contribution is -0.139. The number of ether oxygens (including phenoxy) is 1. The summed E-state index contributed by atoms with van der Waals surface area (Å²) in [6, 6.07) is 16.8. The first-order valence-corrected chi connectivity index (χ1v) is 14.2. The van der Waals surface area contributed by atoms with Crippen molar-refractivity contribution >= 4 is 39.7 Å². The molecule has 0 saturated carbocycles. The van der Waals surface area contributed by atoms with Crippen molar-refractivity contribution in [1.82, 2.24) is 15.0 Å². The Balaban J connectivity index is 1.41. The number of hydrogen-bond acceptors (Lipinski definition) is 7. The molecule has 2 heterocycles. The van der Waals surface area contributed by atoms with Crippen LogP contribution in [0.5, 0.6) is 0 Å². The molecule has 0 bridgehead atoms. The number of hydrazone groups is 1. The maximum atomic E-state index is 13.5. The zero-order chi connectivity index (χ0) is 27.8. The highest BCUT2D eigenvalue weighted by Crippen LogP contribution is 2.23. The molecule has 1 aromatic heterocycles. The Morgan fingerprint density at radius 1 is 1.05 bits per heavy atom. The van der Waals surface area contributed by atoms with Gasteiger partial charge in [-0.1, -0.05) is 41.4 Å². The molecule has 2 N–H and O–H groups in total. The van der Waals surface area contributed by atoms with E-state index in [0.717, 1.165) is 24.0 Å². The van der Waals surface area contributed by atoms with Crippen molar-refractivity contribution in [2.45, 2.75) is 43.9 Å². The zero-order valence-electron chi connectivity index (χ0n) is 21.3. The van der Waals surface area contributed by atoms with Crippen molar-refractivity contribution in [2.75, 3.05) is 13.2 Å². The first kappa shape index (κ1) is 28.5. The Hall–Kier alpha value is -3.51. The van der Waals surface area contributed by atoms with E-state index in [1.54, 1.807) is 60.7 Å². The van der Waals surface area contributed by atoms with Crippen molar-refractivity contribution < 1.29 is 27.2 Å². The number of nitrogens with zero attached hydrogens (tertiary/aromatic N) is 2. The quantitative estimate of drug-likeness (QED) is 0.218. The van der Waals surface area contributed by atoms with Crippen LogP contribution in [0.2, 0.25) is 5.02 Å². The summed E-state index contributed by atoms with van der Waals surface area (Å²) in [5.74, 6) is -1.11.